The quantitative estimate of drug-likeness (QED) is 0.626. The molecular weight excluding hydrogens is 362 g/mol. The van der Waals surface area contributed by atoms with Crippen LogP contribution in [0.3, 0.4) is 0 Å². The molecule has 6 nitrogen and oxygen atoms in total. The van der Waals surface area contributed by atoms with Crippen molar-refractivity contribution >= 4 is 23.4 Å². The molecule has 1 N–H and O–H groups in total. The Morgan fingerprint density at radius 1 is 0.963 bits per heavy atom. The van der Waals surface area contributed by atoms with Gasteiger partial charge in [-0.25, -0.2) is 0 Å². The number of nitrogens with one attached hydrogen (secondary N) is 1. The van der Waals surface area contributed by atoms with Gasteiger partial charge in [-0.1, -0.05) is 30.0 Å². The third-order valence-electron chi connectivity index (χ3n) is 3.73. The highest BCUT2D eigenvalue weighted by molar-refractivity contribution is 7.99. The lowest BCUT2D eigenvalue weighted by Gasteiger charge is -2.09. The van der Waals surface area contributed by atoms with Crippen molar-refractivity contribution in [1.82, 2.24) is 10.2 Å². The normalized spacial score (nSPS) is 10.3. The van der Waals surface area contributed by atoms with E-state index >= 15 is 0 Å². The van der Waals surface area contributed by atoms with Crippen LogP contribution in [0, 0.1) is 0 Å². The van der Waals surface area contributed by atoms with Crippen molar-refractivity contribution in [1.29, 1.82) is 0 Å². The second kappa shape index (κ2) is 9.05. The third kappa shape index (κ3) is 4.98. The molecule has 3 aromatic rings. The van der Waals surface area contributed by atoms with Crippen LogP contribution < -0.4 is 14.8 Å². The maximum Gasteiger partial charge on any atom is 0.234 e. The first-order valence-electron chi connectivity index (χ1n) is 8.23. The van der Waals surface area contributed by atoms with Gasteiger partial charge in [0.2, 0.25) is 5.91 Å². The number of aromatic nitrogens is 2. The number of benzene rings is 2. The summed E-state index contributed by atoms with van der Waals surface area (Å²) in [5.41, 5.74) is 2.37. The molecule has 1 amide bonds. The van der Waals surface area contributed by atoms with Gasteiger partial charge in [0, 0.05) is 11.3 Å². The van der Waals surface area contributed by atoms with Gasteiger partial charge in [0.05, 0.1) is 25.7 Å². The fraction of sp³-hybridized carbons (Fsp3) is 0.150. The Morgan fingerprint density at radius 3 is 2.41 bits per heavy atom. The Morgan fingerprint density at radius 2 is 1.74 bits per heavy atom. The number of hydrogen-bond donors (Lipinski definition) is 1. The maximum atomic E-state index is 12.0. The number of rotatable bonds is 7. The van der Waals surface area contributed by atoms with Crippen LogP contribution in [0.25, 0.3) is 11.3 Å². The number of ether oxygens (including phenoxy) is 2. The summed E-state index contributed by atoms with van der Waals surface area (Å²) in [7, 11) is 3.19. The summed E-state index contributed by atoms with van der Waals surface area (Å²) in [5, 5.41) is 12.0. The summed E-state index contributed by atoms with van der Waals surface area (Å²) < 4.78 is 10.6. The van der Waals surface area contributed by atoms with Gasteiger partial charge in [0.1, 0.15) is 5.03 Å². The predicted molar refractivity (Wildman–Crippen MR) is 106 cm³/mol. The molecule has 7 heteroatoms. The summed E-state index contributed by atoms with van der Waals surface area (Å²) >= 11 is 1.34. The maximum absolute atomic E-state index is 12.0. The lowest BCUT2D eigenvalue weighted by atomic mass is 10.1. The van der Waals surface area contributed by atoms with Crippen LogP contribution in [-0.4, -0.2) is 36.1 Å². The largest absolute Gasteiger partial charge is 0.493 e. The number of methoxy groups -OCH3 is 2. The monoisotopic (exact) mass is 381 g/mol. The number of amides is 1. The fourth-order valence-corrected chi connectivity index (χ4v) is 3.02. The molecule has 0 atom stereocenters. The summed E-state index contributed by atoms with van der Waals surface area (Å²) in [4.78, 5) is 12.0. The zero-order valence-electron chi connectivity index (χ0n) is 15.0. The fourth-order valence-electron chi connectivity index (χ4n) is 2.40. The van der Waals surface area contributed by atoms with Gasteiger partial charge in [-0.2, -0.15) is 0 Å². The lowest BCUT2D eigenvalue weighted by Crippen LogP contribution is -2.13. The predicted octanol–water partition coefficient (Wildman–Crippen LogP) is 3.89. The highest BCUT2D eigenvalue weighted by Gasteiger charge is 2.09. The van der Waals surface area contributed by atoms with E-state index in [1.165, 1.54) is 11.8 Å². The molecule has 138 valence electrons. The average molecular weight is 381 g/mol. The van der Waals surface area contributed by atoms with Crippen LogP contribution in [0.4, 0.5) is 5.69 Å². The van der Waals surface area contributed by atoms with Crippen molar-refractivity contribution in [2.24, 2.45) is 0 Å². The minimum atomic E-state index is -0.0861. The van der Waals surface area contributed by atoms with Gasteiger partial charge in [-0.3, -0.25) is 4.79 Å². The molecule has 0 radical (unpaired) electrons. The van der Waals surface area contributed by atoms with Crippen molar-refractivity contribution in [3.63, 3.8) is 0 Å². The lowest BCUT2D eigenvalue weighted by molar-refractivity contribution is -0.113. The number of carbonyl (C=O) groups excluding carboxylic acids is 1. The van der Waals surface area contributed by atoms with E-state index in [4.69, 9.17) is 9.47 Å². The van der Waals surface area contributed by atoms with Crippen LogP contribution in [0.5, 0.6) is 11.5 Å². The molecule has 2 aromatic carbocycles. The molecule has 1 heterocycles. The van der Waals surface area contributed by atoms with E-state index in [0.29, 0.717) is 22.2 Å². The highest BCUT2D eigenvalue weighted by Crippen LogP contribution is 2.31. The van der Waals surface area contributed by atoms with Gasteiger partial charge >= 0.3 is 0 Å². The zero-order valence-corrected chi connectivity index (χ0v) is 15.8. The number of carbonyl (C=O) groups is 1. The summed E-state index contributed by atoms with van der Waals surface area (Å²) in [5.74, 6) is 1.47. The second-order valence-electron chi connectivity index (χ2n) is 5.53. The van der Waals surface area contributed by atoms with Crippen LogP contribution in [0.2, 0.25) is 0 Å². The van der Waals surface area contributed by atoms with Crippen molar-refractivity contribution in [2.45, 2.75) is 5.03 Å². The molecule has 0 saturated heterocycles. The molecule has 0 aliphatic rings. The van der Waals surface area contributed by atoms with Gasteiger partial charge in [0.25, 0.3) is 0 Å². The van der Waals surface area contributed by atoms with Crippen molar-refractivity contribution in [2.75, 3.05) is 25.3 Å². The highest BCUT2D eigenvalue weighted by atomic mass is 32.2. The van der Waals surface area contributed by atoms with Crippen molar-refractivity contribution in [3.05, 3.63) is 60.7 Å². The Bertz CT molecular complexity index is 902. The van der Waals surface area contributed by atoms with Crippen molar-refractivity contribution < 1.29 is 14.3 Å². The van der Waals surface area contributed by atoms with E-state index in [1.807, 2.05) is 60.7 Å². The van der Waals surface area contributed by atoms with Crippen LogP contribution in [0.15, 0.2) is 65.7 Å². The molecule has 0 aliphatic carbocycles. The van der Waals surface area contributed by atoms with E-state index in [9.17, 15) is 4.79 Å². The first-order valence-corrected chi connectivity index (χ1v) is 9.22. The molecule has 0 fully saturated rings. The number of thioether (sulfide) groups is 1. The third-order valence-corrected chi connectivity index (χ3v) is 4.65. The topological polar surface area (TPSA) is 73.3 Å². The molecule has 0 aliphatic heterocycles. The molecule has 27 heavy (non-hydrogen) atoms. The summed E-state index contributed by atoms with van der Waals surface area (Å²) in [6.45, 7) is 0. The zero-order chi connectivity index (χ0) is 19.1. The minimum absolute atomic E-state index is 0.0861. The molecule has 1 aromatic heterocycles. The second-order valence-corrected chi connectivity index (χ2v) is 6.53. The van der Waals surface area contributed by atoms with E-state index < -0.39 is 0 Å². The Hall–Kier alpha value is -3.06. The number of nitrogens with zero attached hydrogens (tertiary/aromatic N) is 2. The molecule has 0 spiro atoms. The first-order chi connectivity index (χ1) is 13.2. The SMILES string of the molecule is COc1ccc(-c2ccc(SCC(=O)Nc3ccccc3)nn2)cc1OC. The smallest absolute Gasteiger partial charge is 0.234 e. The molecule has 0 unspecified atom stereocenters. The summed E-state index contributed by atoms with van der Waals surface area (Å²) in [6, 6.07) is 18.6. The molecule has 3 rings (SSSR count). The van der Waals surface area contributed by atoms with Crippen molar-refractivity contribution in [3.8, 4) is 22.8 Å². The van der Waals surface area contributed by atoms with Gasteiger partial charge < -0.3 is 14.8 Å². The average Bonchev–Trinajstić information content (AvgIpc) is 2.73. The standard InChI is InChI=1S/C20H19N3O3S/c1-25-17-10-8-14(12-18(17)26-2)16-9-11-20(23-22-16)27-13-19(24)21-15-6-4-3-5-7-15/h3-12H,13H2,1-2H3,(H,21,24). The van der Waals surface area contributed by atoms with E-state index in [-0.39, 0.29) is 11.7 Å². The Balaban J connectivity index is 1.61. The summed E-state index contributed by atoms with van der Waals surface area (Å²) in [6.07, 6.45) is 0. The van der Waals surface area contributed by atoms with Crippen LogP contribution in [0.1, 0.15) is 0 Å². The Labute approximate surface area is 161 Å². The first kappa shape index (κ1) is 18.7. The number of hydrogen-bond acceptors (Lipinski definition) is 6. The minimum Gasteiger partial charge on any atom is -0.493 e. The molecule has 0 saturated carbocycles. The Kier molecular flexibility index (Phi) is 6.27. The number of anilines is 1. The van der Waals surface area contributed by atoms with Gasteiger partial charge in [-0.05, 0) is 42.5 Å². The van der Waals surface area contributed by atoms with E-state index in [0.717, 1.165) is 11.3 Å². The van der Waals surface area contributed by atoms with E-state index in [1.54, 1.807) is 14.2 Å². The van der Waals surface area contributed by atoms with E-state index in [2.05, 4.69) is 15.5 Å². The van der Waals surface area contributed by atoms with Gasteiger partial charge in [0.15, 0.2) is 11.5 Å². The molecular formula is C20H19N3O3S. The number of para-hydroxylation sites is 1. The van der Waals surface area contributed by atoms with Gasteiger partial charge in [-0.15, -0.1) is 10.2 Å². The van der Waals surface area contributed by atoms with Crippen LogP contribution in [-0.2, 0) is 4.79 Å². The van der Waals surface area contributed by atoms with Crippen LogP contribution >= 0.6 is 11.8 Å². The molecule has 0 bridgehead atoms.